The second-order valence-corrected chi connectivity index (χ2v) is 7.91. The third-order valence-electron chi connectivity index (χ3n) is 6.16. The van der Waals surface area contributed by atoms with Crippen molar-refractivity contribution >= 4 is 18.0 Å². The summed E-state index contributed by atoms with van der Waals surface area (Å²) in [7, 11) is 0. The Bertz CT molecular complexity index is 978. The molecule has 2 atom stereocenters. The highest BCUT2D eigenvalue weighted by molar-refractivity contribution is 5.83. The van der Waals surface area contributed by atoms with Crippen LogP contribution in [0.3, 0.4) is 0 Å². The van der Waals surface area contributed by atoms with Crippen molar-refractivity contribution in [2.24, 2.45) is 5.92 Å². The van der Waals surface area contributed by atoms with Gasteiger partial charge in [-0.05, 0) is 29.2 Å². The van der Waals surface area contributed by atoms with E-state index in [9.17, 15) is 19.5 Å². The molecule has 2 aliphatic rings. The first-order chi connectivity index (χ1) is 15.5. The van der Waals surface area contributed by atoms with Crippen LogP contribution in [0.25, 0.3) is 11.1 Å². The number of likely N-dealkylation sites (N-methyl/N-ethyl adjacent to an activating group) is 1. The SMILES string of the molecule is CCN(C(=O)CNC(=O)OCC1c2ccccc2-c2ccccc21)C1COCC1C(=O)O. The van der Waals surface area contributed by atoms with Crippen LogP contribution in [0.2, 0.25) is 0 Å². The lowest BCUT2D eigenvalue weighted by Gasteiger charge is -2.29. The van der Waals surface area contributed by atoms with Crippen LogP contribution in [-0.2, 0) is 19.1 Å². The van der Waals surface area contributed by atoms with Crippen LogP contribution in [-0.4, -0.2) is 66.9 Å². The molecule has 2 N–H and O–H groups in total. The van der Waals surface area contributed by atoms with E-state index in [1.165, 1.54) is 4.90 Å². The van der Waals surface area contributed by atoms with Gasteiger partial charge in [-0.15, -0.1) is 0 Å². The normalized spacial score (nSPS) is 19.2. The van der Waals surface area contributed by atoms with Crippen LogP contribution in [0, 0.1) is 5.92 Å². The molecule has 0 radical (unpaired) electrons. The van der Waals surface area contributed by atoms with Gasteiger partial charge in [0.05, 0.1) is 19.3 Å². The first-order valence-electron chi connectivity index (χ1n) is 10.7. The summed E-state index contributed by atoms with van der Waals surface area (Å²) in [5.41, 5.74) is 4.49. The van der Waals surface area contributed by atoms with E-state index in [-0.39, 0.29) is 38.2 Å². The van der Waals surface area contributed by atoms with Crippen molar-refractivity contribution in [3.05, 3.63) is 59.7 Å². The number of carboxylic acid groups (broad SMARTS) is 1. The maximum absolute atomic E-state index is 12.6. The standard InChI is InChI=1S/C24H26N2O6/c1-2-26(21-14-31-12-20(21)23(28)29)22(27)11-25-24(30)32-13-19-17-9-5-3-7-15(17)16-8-4-6-10-18(16)19/h3-10,19-21H,2,11-14H2,1H3,(H,25,30)(H,28,29). The molecule has 32 heavy (non-hydrogen) atoms. The van der Waals surface area contributed by atoms with Gasteiger partial charge in [0.15, 0.2) is 0 Å². The summed E-state index contributed by atoms with van der Waals surface area (Å²) in [6.45, 7) is 2.22. The number of rotatable bonds is 7. The van der Waals surface area contributed by atoms with Gasteiger partial charge in [-0.3, -0.25) is 9.59 Å². The number of alkyl carbamates (subject to hydrolysis) is 1. The number of hydrogen-bond acceptors (Lipinski definition) is 5. The number of hydrogen-bond donors (Lipinski definition) is 2. The molecule has 1 saturated heterocycles. The number of carbonyl (C=O) groups is 3. The fourth-order valence-corrected chi connectivity index (χ4v) is 4.58. The predicted octanol–water partition coefficient (Wildman–Crippen LogP) is 2.47. The largest absolute Gasteiger partial charge is 0.481 e. The minimum atomic E-state index is -0.997. The highest BCUT2D eigenvalue weighted by Crippen LogP contribution is 2.44. The third-order valence-corrected chi connectivity index (χ3v) is 6.16. The maximum Gasteiger partial charge on any atom is 0.407 e. The van der Waals surface area contributed by atoms with Crippen LogP contribution in [0.5, 0.6) is 0 Å². The predicted molar refractivity (Wildman–Crippen MR) is 116 cm³/mol. The molecule has 1 heterocycles. The summed E-state index contributed by atoms with van der Waals surface area (Å²) in [6, 6.07) is 15.5. The lowest BCUT2D eigenvalue weighted by atomic mass is 9.98. The zero-order valence-electron chi connectivity index (χ0n) is 17.8. The Morgan fingerprint density at radius 3 is 2.28 bits per heavy atom. The lowest BCUT2D eigenvalue weighted by molar-refractivity contribution is -0.144. The van der Waals surface area contributed by atoms with Gasteiger partial charge in [-0.25, -0.2) is 4.79 Å². The van der Waals surface area contributed by atoms with E-state index in [4.69, 9.17) is 9.47 Å². The molecule has 8 heteroatoms. The molecule has 1 aliphatic carbocycles. The van der Waals surface area contributed by atoms with E-state index in [2.05, 4.69) is 17.4 Å². The summed E-state index contributed by atoms with van der Waals surface area (Å²) >= 11 is 0. The van der Waals surface area contributed by atoms with E-state index >= 15 is 0 Å². The summed E-state index contributed by atoms with van der Waals surface area (Å²) in [6.07, 6.45) is -0.686. The van der Waals surface area contributed by atoms with Crippen molar-refractivity contribution < 1.29 is 29.0 Å². The van der Waals surface area contributed by atoms with Crippen molar-refractivity contribution in [1.82, 2.24) is 10.2 Å². The van der Waals surface area contributed by atoms with Gasteiger partial charge in [0.2, 0.25) is 5.91 Å². The first kappa shape index (κ1) is 21.8. The van der Waals surface area contributed by atoms with E-state index in [0.29, 0.717) is 6.54 Å². The van der Waals surface area contributed by atoms with Crippen LogP contribution >= 0.6 is 0 Å². The van der Waals surface area contributed by atoms with Crippen LogP contribution in [0.4, 0.5) is 4.79 Å². The summed E-state index contributed by atoms with van der Waals surface area (Å²) < 4.78 is 10.7. The molecule has 0 saturated carbocycles. The van der Waals surface area contributed by atoms with E-state index in [1.807, 2.05) is 36.4 Å². The van der Waals surface area contributed by atoms with E-state index < -0.39 is 24.0 Å². The van der Waals surface area contributed by atoms with Gasteiger partial charge in [0, 0.05) is 12.5 Å². The zero-order valence-corrected chi connectivity index (χ0v) is 17.8. The Balaban J connectivity index is 1.34. The van der Waals surface area contributed by atoms with Crippen molar-refractivity contribution in [3.63, 3.8) is 0 Å². The molecule has 8 nitrogen and oxygen atoms in total. The summed E-state index contributed by atoms with van der Waals surface area (Å²) in [5.74, 6) is -2.21. The minimum Gasteiger partial charge on any atom is -0.481 e. The van der Waals surface area contributed by atoms with Crippen LogP contribution < -0.4 is 5.32 Å². The molecule has 2 unspecified atom stereocenters. The minimum absolute atomic E-state index is 0.0667. The smallest absolute Gasteiger partial charge is 0.407 e. The number of carbonyl (C=O) groups excluding carboxylic acids is 2. The molecule has 2 aromatic carbocycles. The van der Waals surface area contributed by atoms with Crippen molar-refractivity contribution in [2.45, 2.75) is 18.9 Å². The number of fused-ring (bicyclic) bond motifs is 3. The summed E-state index contributed by atoms with van der Waals surface area (Å²) in [4.78, 5) is 37.8. The average molecular weight is 438 g/mol. The van der Waals surface area contributed by atoms with Gasteiger partial charge in [0.1, 0.15) is 19.1 Å². The Morgan fingerprint density at radius 2 is 1.69 bits per heavy atom. The number of nitrogens with zero attached hydrogens (tertiary/aromatic N) is 1. The van der Waals surface area contributed by atoms with E-state index in [0.717, 1.165) is 22.3 Å². The molecule has 0 bridgehead atoms. The summed E-state index contributed by atoms with van der Waals surface area (Å²) in [5, 5.41) is 11.8. The number of amides is 2. The molecule has 1 aliphatic heterocycles. The second-order valence-electron chi connectivity index (χ2n) is 7.91. The number of ether oxygens (including phenoxy) is 2. The zero-order chi connectivity index (χ0) is 22.7. The van der Waals surface area contributed by atoms with Crippen molar-refractivity contribution in [2.75, 3.05) is 32.9 Å². The quantitative estimate of drug-likeness (QED) is 0.688. The molecule has 0 aromatic heterocycles. The lowest BCUT2D eigenvalue weighted by Crippen LogP contribution is -2.49. The second kappa shape index (κ2) is 9.40. The first-order valence-corrected chi connectivity index (χ1v) is 10.7. The third kappa shape index (κ3) is 4.18. The topological polar surface area (TPSA) is 105 Å². The van der Waals surface area contributed by atoms with E-state index in [1.54, 1.807) is 6.92 Å². The van der Waals surface area contributed by atoms with Gasteiger partial charge in [-0.1, -0.05) is 48.5 Å². The maximum atomic E-state index is 12.6. The van der Waals surface area contributed by atoms with Gasteiger partial charge in [-0.2, -0.15) is 0 Å². The number of nitrogens with one attached hydrogen (secondary N) is 1. The van der Waals surface area contributed by atoms with Crippen molar-refractivity contribution in [3.8, 4) is 11.1 Å². The van der Waals surface area contributed by atoms with Gasteiger partial charge < -0.3 is 24.8 Å². The Morgan fingerprint density at radius 1 is 1.06 bits per heavy atom. The average Bonchev–Trinajstić information content (AvgIpc) is 3.40. The van der Waals surface area contributed by atoms with Crippen molar-refractivity contribution in [1.29, 1.82) is 0 Å². The fourth-order valence-electron chi connectivity index (χ4n) is 4.58. The van der Waals surface area contributed by atoms with Gasteiger partial charge >= 0.3 is 12.1 Å². The molecular formula is C24H26N2O6. The highest BCUT2D eigenvalue weighted by Gasteiger charge is 2.39. The van der Waals surface area contributed by atoms with Crippen LogP contribution in [0.15, 0.2) is 48.5 Å². The van der Waals surface area contributed by atoms with Crippen LogP contribution in [0.1, 0.15) is 24.0 Å². The Labute approximate surface area is 186 Å². The number of aliphatic carboxylic acids is 1. The fraction of sp³-hybridized carbons (Fsp3) is 0.375. The number of benzene rings is 2. The number of carboxylic acids is 1. The molecule has 0 spiro atoms. The van der Waals surface area contributed by atoms with Gasteiger partial charge in [0.25, 0.3) is 0 Å². The monoisotopic (exact) mass is 438 g/mol. The Kier molecular flexibility index (Phi) is 6.41. The molecule has 2 aromatic rings. The molecule has 1 fully saturated rings. The molecular weight excluding hydrogens is 412 g/mol. The Hall–Kier alpha value is -3.39. The molecule has 2 amide bonds. The molecule has 4 rings (SSSR count). The highest BCUT2D eigenvalue weighted by atomic mass is 16.5. The molecule has 168 valence electrons.